The Morgan fingerprint density at radius 3 is 2.27 bits per heavy atom. The molecule has 0 radical (unpaired) electrons. The van der Waals surface area contributed by atoms with Gasteiger partial charge in [0.15, 0.2) is 0 Å². The predicted octanol–water partition coefficient (Wildman–Crippen LogP) is 3.64. The minimum Gasteiger partial charge on any atom is -0.501 e. The molecule has 0 aromatic rings. The number of nitrogens with zero attached hydrogens (tertiary/aromatic N) is 1. The Morgan fingerprint density at radius 1 is 1.20 bits per heavy atom. The molecule has 82 valence electrons. The van der Waals surface area contributed by atoms with E-state index in [9.17, 15) is 0 Å². The van der Waals surface area contributed by atoms with Crippen molar-refractivity contribution in [1.29, 1.82) is 0 Å². The second-order valence-corrected chi connectivity index (χ2v) is 3.30. The van der Waals surface area contributed by atoms with E-state index in [1.54, 1.807) is 7.11 Å². The van der Waals surface area contributed by atoms with Gasteiger partial charge >= 0.3 is 0 Å². The fourth-order valence-corrected chi connectivity index (χ4v) is 0.823. The van der Waals surface area contributed by atoms with Crippen molar-refractivity contribution in [1.82, 2.24) is 0 Å². The van der Waals surface area contributed by atoms with Crippen LogP contribution >= 0.6 is 0 Å². The lowest BCUT2D eigenvalue weighted by Crippen LogP contribution is -1.84. The maximum absolute atomic E-state index is 5.05. The molecule has 15 heavy (non-hydrogen) atoms. The maximum Gasteiger partial charge on any atom is 0.0930 e. The standard InChI is InChI=1S/C13H19NO/c1-10(7-8-12(3)14-5)11(2)9-13(4)15-6/h7-9H,2,5H2,1,3-4,6H3. The summed E-state index contributed by atoms with van der Waals surface area (Å²) in [5, 5.41) is 0. The van der Waals surface area contributed by atoms with Crippen molar-refractivity contribution in [3.05, 3.63) is 47.4 Å². The highest BCUT2D eigenvalue weighted by atomic mass is 16.5. The van der Waals surface area contributed by atoms with Crippen LogP contribution in [-0.2, 0) is 4.74 Å². The van der Waals surface area contributed by atoms with Crippen molar-refractivity contribution in [2.24, 2.45) is 4.99 Å². The van der Waals surface area contributed by atoms with E-state index >= 15 is 0 Å². The molecule has 0 amide bonds. The molecule has 2 nitrogen and oxygen atoms in total. The van der Waals surface area contributed by atoms with Crippen molar-refractivity contribution < 1.29 is 4.74 Å². The van der Waals surface area contributed by atoms with E-state index in [-0.39, 0.29) is 0 Å². The van der Waals surface area contributed by atoms with Crippen LogP contribution in [0.1, 0.15) is 20.8 Å². The van der Waals surface area contributed by atoms with Gasteiger partial charge in [-0.05, 0) is 50.8 Å². The van der Waals surface area contributed by atoms with Gasteiger partial charge in [0.2, 0.25) is 0 Å². The Morgan fingerprint density at radius 2 is 1.80 bits per heavy atom. The average Bonchev–Trinajstić information content (AvgIpc) is 2.24. The molecule has 0 aromatic heterocycles. The van der Waals surface area contributed by atoms with Gasteiger partial charge in [-0.3, -0.25) is 4.99 Å². The van der Waals surface area contributed by atoms with Gasteiger partial charge in [0.05, 0.1) is 12.9 Å². The first kappa shape index (κ1) is 13.4. The van der Waals surface area contributed by atoms with E-state index < -0.39 is 0 Å². The van der Waals surface area contributed by atoms with Crippen molar-refractivity contribution in [2.75, 3.05) is 7.11 Å². The Labute approximate surface area is 92.4 Å². The fraction of sp³-hybridized carbons (Fsp3) is 0.308. The molecule has 0 spiro atoms. The monoisotopic (exact) mass is 205 g/mol. The predicted molar refractivity (Wildman–Crippen MR) is 67.0 cm³/mol. The summed E-state index contributed by atoms with van der Waals surface area (Å²) in [7, 11) is 1.64. The van der Waals surface area contributed by atoms with Crippen LogP contribution in [0.4, 0.5) is 0 Å². The van der Waals surface area contributed by atoms with Gasteiger partial charge in [0.1, 0.15) is 0 Å². The molecule has 0 atom stereocenters. The molecule has 0 aliphatic heterocycles. The summed E-state index contributed by atoms with van der Waals surface area (Å²) in [4.78, 5) is 3.79. The molecule has 0 fully saturated rings. The summed E-state index contributed by atoms with van der Waals surface area (Å²) in [5.74, 6) is 0.843. The van der Waals surface area contributed by atoms with E-state index in [2.05, 4.69) is 18.3 Å². The molecule has 0 aromatic carbocycles. The summed E-state index contributed by atoms with van der Waals surface area (Å²) < 4.78 is 5.05. The van der Waals surface area contributed by atoms with Crippen LogP contribution in [-0.4, -0.2) is 13.8 Å². The largest absolute Gasteiger partial charge is 0.501 e. The van der Waals surface area contributed by atoms with Crippen LogP contribution in [0, 0.1) is 0 Å². The van der Waals surface area contributed by atoms with E-state index in [0.29, 0.717) is 0 Å². The Balaban J connectivity index is 4.65. The van der Waals surface area contributed by atoms with Crippen LogP contribution in [0.2, 0.25) is 0 Å². The average molecular weight is 205 g/mol. The molecule has 0 rings (SSSR count). The first-order chi connectivity index (χ1) is 7.01. The van der Waals surface area contributed by atoms with Crippen molar-refractivity contribution in [2.45, 2.75) is 20.8 Å². The van der Waals surface area contributed by atoms with E-state index in [0.717, 1.165) is 22.6 Å². The zero-order valence-electron chi connectivity index (χ0n) is 10.0. The third kappa shape index (κ3) is 5.68. The highest BCUT2D eigenvalue weighted by Crippen LogP contribution is 2.11. The van der Waals surface area contributed by atoms with Gasteiger partial charge in [0.25, 0.3) is 0 Å². The minimum atomic E-state index is 0.843. The molecule has 0 bridgehead atoms. The minimum absolute atomic E-state index is 0.843. The SMILES string of the molecule is C=NC(C)=CC=C(C)C(=C)C=C(C)OC. The van der Waals surface area contributed by atoms with Crippen LogP contribution in [0.5, 0.6) is 0 Å². The van der Waals surface area contributed by atoms with E-state index in [1.807, 2.05) is 39.0 Å². The van der Waals surface area contributed by atoms with E-state index in [1.165, 1.54) is 0 Å². The first-order valence-corrected chi connectivity index (χ1v) is 4.74. The zero-order valence-corrected chi connectivity index (χ0v) is 10.0. The fourth-order valence-electron chi connectivity index (χ4n) is 0.823. The lowest BCUT2D eigenvalue weighted by molar-refractivity contribution is 0.293. The molecule has 0 saturated carbocycles. The summed E-state index contributed by atoms with van der Waals surface area (Å²) >= 11 is 0. The molecule has 2 heteroatoms. The van der Waals surface area contributed by atoms with Gasteiger partial charge in [-0.25, -0.2) is 0 Å². The summed E-state index contributed by atoms with van der Waals surface area (Å²) in [6, 6.07) is 0. The highest BCUT2D eigenvalue weighted by molar-refractivity contribution is 5.39. The van der Waals surface area contributed by atoms with Crippen molar-refractivity contribution in [3.63, 3.8) is 0 Å². The Hall–Kier alpha value is -1.57. The Kier molecular flexibility index (Phi) is 6.11. The number of rotatable bonds is 5. The number of methoxy groups -OCH3 is 1. The summed E-state index contributed by atoms with van der Waals surface area (Å²) in [5.41, 5.74) is 2.89. The molecule has 0 N–H and O–H groups in total. The number of aliphatic imine (C=N–C) groups is 1. The van der Waals surface area contributed by atoms with Gasteiger partial charge in [-0.2, -0.15) is 0 Å². The molecule has 0 unspecified atom stereocenters. The molecule has 0 saturated heterocycles. The normalized spacial score (nSPS) is 13.7. The quantitative estimate of drug-likeness (QED) is 0.381. The lowest BCUT2D eigenvalue weighted by Gasteiger charge is -2.02. The van der Waals surface area contributed by atoms with Gasteiger partial charge in [0, 0.05) is 5.70 Å². The van der Waals surface area contributed by atoms with Crippen LogP contribution in [0.3, 0.4) is 0 Å². The highest BCUT2D eigenvalue weighted by Gasteiger charge is 1.93. The number of allylic oxidation sites excluding steroid dienone is 7. The van der Waals surface area contributed by atoms with E-state index in [4.69, 9.17) is 4.74 Å². The molecule has 0 aliphatic carbocycles. The first-order valence-electron chi connectivity index (χ1n) is 4.74. The maximum atomic E-state index is 5.05. The topological polar surface area (TPSA) is 21.6 Å². The zero-order chi connectivity index (χ0) is 11.8. The number of hydrogen-bond donors (Lipinski definition) is 0. The van der Waals surface area contributed by atoms with Gasteiger partial charge in [-0.15, -0.1) is 0 Å². The summed E-state index contributed by atoms with van der Waals surface area (Å²) in [6.07, 6.45) is 5.77. The Bertz CT molecular complexity index is 332. The third-order valence-electron chi connectivity index (χ3n) is 2.03. The third-order valence-corrected chi connectivity index (χ3v) is 2.03. The molecular formula is C13H19NO. The number of ether oxygens (including phenoxy) is 1. The van der Waals surface area contributed by atoms with Crippen LogP contribution in [0.15, 0.2) is 52.4 Å². The second-order valence-electron chi connectivity index (χ2n) is 3.30. The van der Waals surface area contributed by atoms with Crippen LogP contribution < -0.4 is 0 Å². The lowest BCUT2D eigenvalue weighted by atomic mass is 10.1. The summed E-state index contributed by atoms with van der Waals surface area (Å²) in [6.45, 7) is 13.2. The van der Waals surface area contributed by atoms with Gasteiger partial charge in [-0.1, -0.05) is 12.7 Å². The second kappa shape index (κ2) is 6.82. The molecular weight excluding hydrogens is 186 g/mol. The smallest absolute Gasteiger partial charge is 0.0930 e. The van der Waals surface area contributed by atoms with Crippen molar-refractivity contribution >= 4 is 6.72 Å². The molecule has 0 aliphatic rings. The molecule has 0 heterocycles. The number of hydrogen-bond acceptors (Lipinski definition) is 2. The van der Waals surface area contributed by atoms with Crippen molar-refractivity contribution in [3.8, 4) is 0 Å². The van der Waals surface area contributed by atoms with Crippen LogP contribution in [0.25, 0.3) is 0 Å². The van der Waals surface area contributed by atoms with Gasteiger partial charge < -0.3 is 4.74 Å².